The molecule has 2 aromatic carbocycles. The van der Waals surface area contributed by atoms with Crippen LogP contribution in [0.3, 0.4) is 0 Å². The van der Waals surface area contributed by atoms with E-state index in [1.54, 1.807) is 23.1 Å². The zero-order chi connectivity index (χ0) is 17.9. The van der Waals surface area contributed by atoms with Gasteiger partial charge in [-0.2, -0.15) is 0 Å². The number of carbonyl (C=O) groups excluding carboxylic acids is 1. The molecule has 1 aliphatic carbocycles. The summed E-state index contributed by atoms with van der Waals surface area (Å²) in [6.07, 6.45) is 2.20. The zero-order valence-electron chi connectivity index (χ0n) is 14.3. The minimum Gasteiger partial charge on any atom is -0.334 e. The normalized spacial score (nSPS) is 15.6. The number of rotatable bonds is 7. The molecule has 4 nitrogen and oxygen atoms in total. The van der Waals surface area contributed by atoms with Crippen molar-refractivity contribution in [3.05, 3.63) is 66.2 Å². The highest BCUT2D eigenvalue weighted by atomic mass is 32.2. The number of carbonyl (C=O) groups is 1. The van der Waals surface area contributed by atoms with Crippen LogP contribution in [0.1, 0.15) is 25.3 Å². The van der Waals surface area contributed by atoms with E-state index < -0.39 is 15.6 Å². The van der Waals surface area contributed by atoms with Crippen molar-refractivity contribution in [1.29, 1.82) is 0 Å². The molecule has 5 heteroatoms. The van der Waals surface area contributed by atoms with Crippen LogP contribution >= 0.6 is 0 Å². The van der Waals surface area contributed by atoms with Crippen LogP contribution in [0.15, 0.2) is 65.6 Å². The Bertz CT molecular complexity index is 815. The predicted molar refractivity (Wildman–Crippen MR) is 97.7 cm³/mol. The molecule has 3 rings (SSSR count). The number of hydrogen-bond donors (Lipinski definition) is 0. The molecule has 25 heavy (non-hydrogen) atoms. The fraction of sp³-hybridized carbons (Fsp3) is 0.350. The molecule has 1 fully saturated rings. The number of hydrogen-bond acceptors (Lipinski definition) is 3. The highest BCUT2D eigenvalue weighted by Crippen LogP contribution is 2.36. The molecule has 2 aromatic rings. The van der Waals surface area contributed by atoms with Gasteiger partial charge in [0.2, 0.25) is 5.91 Å². The van der Waals surface area contributed by atoms with Gasteiger partial charge in [-0.25, -0.2) is 8.42 Å². The monoisotopic (exact) mass is 357 g/mol. The molecule has 132 valence electrons. The molecule has 1 unspecified atom stereocenters. The molecule has 0 radical (unpaired) electrons. The number of amides is 1. The van der Waals surface area contributed by atoms with E-state index >= 15 is 0 Å². The Hall–Kier alpha value is -2.14. The fourth-order valence-corrected chi connectivity index (χ4v) is 4.26. The van der Waals surface area contributed by atoms with Gasteiger partial charge in [-0.1, -0.05) is 48.5 Å². The van der Waals surface area contributed by atoms with Gasteiger partial charge < -0.3 is 4.90 Å². The van der Waals surface area contributed by atoms with Crippen molar-refractivity contribution >= 4 is 15.7 Å². The number of sulfone groups is 1. The zero-order valence-corrected chi connectivity index (χ0v) is 15.2. The minimum absolute atomic E-state index is 0.0543. The van der Waals surface area contributed by atoms with E-state index in [4.69, 9.17) is 0 Å². The molecule has 0 aliphatic heterocycles. The maximum absolute atomic E-state index is 12.9. The molecule has 0 saturated heterocycles. The fourth-order valence-electron chi connectivity index (χ4n) is 3.03. The Morgan fingerprint density at radius 1 is 1.04 bits per heavy atom. The van der Waals surface area contributed by atoms with Crippen LogP contribution in [0.4, 0.5) is 0 Å². The van der Waals surface area contributed by atoms with Crippen LogP contribution in [-0.2, 0) is 21.2 Å². The third-order valence-electron chi connectivity index (χ3n) is 4.73. The maximum atomic E-state index is 12.9. The van der Waals surface area contributed by atoms with Gasteiger partial charge in [0.15, 0.2) is 9.84 Å². The van der Waals surface area contributed by atoms with Crippen molar-refractivity contribution in [1.82, 2.24) is 4.90 Å². The van der Waals surface area contributed by atoms with E-state index in [0.29, 0.717) is 12.5 Å². The smallest absolute Gasteiger partial charge is 0.238 e. The Labute approximate surface area is 149 Å². The summed E-state index contributed by atoms with van der Waals surface area (Å²) >= 11 is 0. The Morgan fingerprint density at radius 2 is 1.60 bits per heavy atom. The molecule has 1 aliphatic rings. The predicted octanol–water partition coefficient (Wildman–Crippen LogP) is 3.29. The van der Waals surface area contributed by atoms with Gasteiger partial charge in [-0.05, 0) is 43.4 Å². The quantitative estimate of drug-likeness (QED) is 0.764. The summed E-state index contributed by atoms with van der Waals surface area (Å²) in [5, 5.41) is 0. The Kier molecular flexibility index (Phi) is 5.23. The van der Waals surface area contributed by atoms with Gasteiger partial charge >= 0.3 is 0 Å². The SMILES string of the molecule is CC(C1CC1)N(Cc1ccccc1)C(=O)CS(=O)(=O)c1ccccc1. The van der Waals surface area contributed by atoms with E-state index in [0.717, 1.165) is 18.4 Å². The first kappa shape index (κ1) is 17.7. The van der Waals surface area contributed by atoms with Gasteiger partial charge in [-0.15, -0.1) is 0 Å². The summed E-state index contributed by atoms with van der Waals surface area (Å²) in [7, 11) is -3.63. The lowest BCUT2D eigenvalue weighted by atomic mass is 10.1. The summed E-state index contributed by atoms with van der Waals surface area (Å²) in [5.41, 5.74) is 1.01. The van der Waals surface area contributed by atoms with Crippen molar-refractivity contribution in [3.63, 3.8) is 0 Å². The summed E-state index contributed by atoms with van der Waals surface area (Å²) in [5.74, 6) is -0.333. The molecule has 0 heterocycles. The van der Waals surface area contributed by atoms with E-state index in [9.17, 15) is 13.2 Å². The van der Waals surface area contributed by atoms with E-state index in [2.05, 4.69) is 0 Å². The molecule has 0 bridgehead atoms. The third kappa shape index (κ3) is 4.48. The Morgan fingerprint density at radius 3 is 2.16 bits per heavy atom. The summed E-state index contributed by atoms with van der Waals surface area (Å²) in [6, 6.07) is 18.0. The van der Waals surface area contributed by atoms with Crippen LogP contribution in [-0.4, -0.2) is 31.0 Å². The molecule has 0 aromatic heterocycles. The average molecular weight is 357 g/mol. The molecule has 1 amide bonds. The van der Waals surface area contributed by atoms with Gasteiger partial charge in [0, 0.05) is 12.6 Å². The van der Waals surface area contributed by atoms with Gasteiger partial charge in [0.25, 0.3) is 0 Å². The topological polar surface area (TPSA) is 54.5 Å². The van der Waals surface area contributed by atoms with Crippen molar-refractivity contribution in [2.75, 3.05) is 5.75 Å². The van der Waals surface area contributed by atoms with E-state index in [1.165, 1.54) is 12.1 Å². The lowest BCUT2D eigenvalue weighted by Crippen LogP contribution is -2.42. The van der Waals surface area contributed by atoms with Crippen molar-refractivity contribution in [2.45, 2.75) is 37.2 Å². The minimum atomic E-state index is -3.63. The standard InChI is InChI=1S/C20H23NO3S/c1-16(18-12-13-18)21(14-17-8-4-2-5-9-17)20(22)15-25(23,24)19-10-6-3-7-11-19/h2-11,16,18H,12-15H2,1H3. The van der Waals surface area contributed by atoms with Gasteiger partial charge in [0.05, 0.1) is 4.90 Å². The van der Waals surface area contributed by atoms with Crippen LogP contribution in [0.25, 0.3) is 0 Å². The molecule has 1 saturated carbocycles. The first-order chi connectivity index (χ1) is 12.0. The Balaban J connectivity index is 1.79. The van der Waals surface area contributed by atoms with E-state index in [-0.39, 0.29) is 16.8 Å². The van der Waals surface area contributed by atoms with Gasteiger partial charge in [0.1, 0.15) is 5.75 Å². The summed E-state index contributed by atoms with van der Waals surface area (Å²) in [4.78, 5) is 14.8. The summed E-state index contributed by atoms with van der Waals surface area (Å²) in [6.45, 7) is 2.47. The molecule has 0 spiro atoms. The largest absolute Gasteiger partial charge is 0.334 e. The summed E-state index contributed by atoms with van der Waals surface area (Å²) < 4.78 is 25.1. The first-order valence-electron chi connectivity index (χ1n) is 8.58. The lowest BCUT2D eigenvalue weighted by Gasteiger charge is -2.29. The second-order valence-corrected chi connectivity index (χ2v) is 8.65. The average Bonchev–Trinajstić information content (AvgIpc) is 3.45. The number of nitrogens with zero attached hydrogens (tertiary/aromatic N) is 1. The second-order valence-electron chi connectivity index (χ2n) is 6.66. The van der Waals surface area contributed by atoms with Crippen molar-refractivity contribution in [2.24, 2.45) is 5.92 Å². The molecule has 0 N–H and O–H groups in total. The van der Waals surface area contributed by atoms with Crippen LogP contribution in [0, 0.1) is 5.92 Å². The molecule has 1 atom stereocenters. The third-order valence-corrected chi connectivity index (χ3v) is 6.35. The van der Waals surface area contributed by atoms with Crippen molar-refractivity contribution < 1.29 is 13.2 Å². The molecular formula is C20H23NO3S. The highest BCUT2D eigenvalue weighted by Gasteiger charge is 2.35. The highest BCUT2D eigenvalue weighted by molar-refractivity contribution is 7.92. The van der Waals surface area contributed by atoms with Crippen LogP contribution in [0.2, 0.25) is 0 Å². The maximum Gasteiger partial charge on any atom is 0.238 e. The first-order valence-corrected chi connectivity index (χ1v) is 10.2. The van der Waals surface area contributed by atoms with Crippen LogP contribution < -0.4 is 0 Å². The lowest BCUT2D eigenvalue weighted by molar-refractivity contribution is -0.131. The van der Waals surface area contributed by atoms with Crippen molar-refractivity contribution in [3.8, 4) is 0 Å². The van der Waals surface area contributed by atoms with Gasteiger partial charge in [-0.3, -0.25) is 4.79 Å². The number of benzene rings is 2. The second kappa shape index (κ2) is 7.40. The van der Waals surface area contributed by atoms with Crippen LogP contribution in [0.5, 0.6) is 0 Å². The molecular weight excluding hydrogens is 334 g/mol. The van der Waals surface area contributed by atoms with E-state index in [1.807, 2.05) is 37.3 Å².